The van der Waals surface area contributed by atoms with Crippen molar-refractivity contribution >= 4 is 11.7 Å². The van der Waals surface area contributed by atoms with Crippen LogP contribution in [0.15, 0.2) is 54.6 Å². The Morgan fingerprint density at radius 1 is 0.852 bits per heavy atom. The average Bonchev–Trinajstić information content (AvgIpc) is 2.69. The second kappa shape index (κ2) is 12.1. The first-order valence-electron chi connectivity index (χ1n) is 10.1. The molecule has 0 spiro atoms. The molecule has 4 heteroatoms. The molecule has 146 valence electrons. The van der Waals surface area contributed by atoms with E-state index in [0.717, 1.165) is 51.0 Å². The smallest absolute Gasteiger partial charge is 0.319 e. The molecule has 0 aliphatic heterocycles. The van der Waals surface area contributed by atoms with Crippen LogP contribution in [0.25, 0.3) is 0 Å². The SMILES string of the molecule is CCCNC(=O)Nc1cccc(CCN(CCC)CCc2ccccc2)c1. The minimum atomic E-state index is -0.135. The lowest BCUT2D eigenvalue weighted by Crippen LogP contribution is -2.30. The van der Waals surface area contributed by atoms with Crippen LogP contribution in [0.3, 0.4) is 0 Å². The first-order valence-corrected chi connectivity index (χ1v) is 10.1. The summed E-state index contributed by atoms with van der Waals surface area (Å²) in [6.07, 6.45) is 4.17. The average molecular weight is 368 g/mol. The van der Waals surface area contributed by atoms with Gasteiger partial charge in [-0.15, -0.1) is 0 Å². The quantitative estimate of drug-likeness (QED) is 0.604. The van der Waals surface area contributed by atoms with Crippen LogP contribution in [0, 0.1) is 0 Å². The summed E-state index contributed by atoms with van der Waals surface area (Å²) in [5.74, 6) is 0. The highest BCUT2D eigenvalue weighted by molar-refractivity contribution is 5.89. The van der Waals surface area contributed by atoms with E-state index in [9.17, 15) is 4.79 Å². The largest absolute Gasteiger partial charge is 0.338 e. The molecule has 4 nitrogen and oxygen atoms in total. The first-order chi connectivity index (χ1) is 13.2. The molecule has 0 aliphatic rings. The van der Waals surface area contributed by atoms with E-state index in [1.54, 1.807) is 0 Å². The topological polar surface area (TPSA) is 44.4 Å². The zero-order chi connectivity index (χ0) is 19.3. The summed E-state index contributed by atoms with van der Waals surface area (Å²) in [5.41, 5.74) is 3.50. The number of urea groups is 1. The molecule has 0 unspecified atom stereocenters. The van der Waals surface area contributed by atoms with E-state index < -0.39 is 0 Å². The Hall–Kier alpha value is -2.33. The molecule has 0 radical (unpaired) electrons. The molecule has 0 heterocycles. The van der Waals surface area contributed by atoms with Gasteiger partial charge in [0.25, 0.3) is 0 Å². The predicted octanol–water partition coefficient (Wildman–Crippen LogP) is 4.72. The maximum Gasteiger partial charge on any atom is 0.319 e. The zero-order valence-electron chi connectivity index (χ0n) is 16.7. The number of anilines is 1. The molecule has 0 aliphatic carbocycles. The number of hydrogen-bond donors (Lipinski definition) is 2. The number of amides is 2. The summed E-state index contributed by atoms with van der Waals surface area (Å²) in [5, 5.41) is 5.75. The molecule has 0 atom stereocenters. The molecule has 2 rings (SSSR count). The first kappa shape index (κ1) is 21.0. The van der Waals surface area contributed by atoms with Crippen molar-refractivity contribution in [3.63, 3.8) is 0 Å². The van der Waals surface area contributed by atoms with E-state index in [0.29, 0.717) is 6.54 Å². The van der Waals surface area contributed by atoms with Crippen molar-refractivity contribution < 1.29 is 4.79 Å². The standard InChI is InChI=1S/C23H33N3O/c1-3-15-24-23(27)25-22-12-8-11-21(19-22)14-18-26(16-4-2)17-13-20-9-6-5-7-10-20/h5-12,19H,3-4,13-18H2,1-2H3,(H2,24,25,27). The van der Waals surface area contributed by atoms with Gasteiger partial charge in [-0.3, -0.25) is 0 Å². The number of nitrogens with one attached hydrogen (secondary N) is 2. The molecule has 2 amide bonds. The molecule has 2 aromatic carbocycles. The van der Waals surface area contributed by atoms with E-state index >= 15 is 0 Å². The highest BCUT2D eigenvalue weighted by Crippen LogP contribution is 2.12. The van der Waals surface area contributed by atoms with Gasteiger partial charge in [0.2, 0.25) is 0 Å². The summed E-state index contributed by atoms with van der Waals surface area (Å²) in [6.45, 7) is 8.19. The van der Waals surface area contributed by atoms with Gasteiger partial charge in [-0.2, -0.15) is 0 Å². The number of rotatable bonds is 11. The van der Waals surface area contributed by atoms with Gasteiger partial charge >= 0.3 is 6.03 Å². The second-order valence-corrected chi connectivity index (χ2v) is 6.91. The van der Waals surface area contributed by atoms with Crippen molar-refractivity contribution in [3.05, 3.63) is 65.7 Å². The van der Waals surface area contributed by atoms with Crippen molar-refractivity contribution in [1.82, 2.24) is 10.2 Å². The molecule has 0 saturated heterocycles. The third-order valence-electron chi connectivity index (χ3n) is 4.54. The van der Waals surface area contributed by atoms with Gasteiger partial charge in [0.05, 0.1) is 0 Å². The molecule has 0 bridgehead atoms. The highest BCUT2D eigenvalue weighted by atomic mass is 16.2. The minimum Gasteiger partial charge on any atom is -0.338 e. The predicted molar refractivity (Wildman–Crippen MR) is 114 cm³/mol. The van der Waals surface area contributed by atoms with E-state index in [-0.39, 0.29) is 6.03 Å². The molecule has 0 aromatic heterocycles. The summed E-state index contributed by atoms with van der Waals surface area (Å²) in [4.78, 5) is 14.4. The van der Waals surface area contributed by atoms with Crippen LogP contribution in [-0.4, -0.2) is 37.1 Å². The maximum atomic E-state index is 11.8. The molecule has 0 fully saturated rings. The van der Waals surface area contributed by atoms with E-state index in [1.807, 2.05) is 19.1 Å². The van der Waals surface area contributed by atoms with Crippen LogP contribution < -0.4 is 10.6 Å². The van der Waals surface area contributed by atoms with Crippen LogP contribution >= 0.6 is 0 Å². The molecular weight excluding hydrogens is 334 g/mol. The molecule has 0 saturated carbocycles. The molecule has 2 N–H and O–H groups in total. The fourth-order valence-electron chi connectivity index (χ4n) is 3.09. The lowest BCUT2D eigenvalue weighted by molar-refractivity contribution is 0.252. The number of carbonyl (C=O) groups is 1. The van der Waals surface area contributed by atoms with E-state index in [1.165, 1.54) is 11.1 Å². The molecular formula is C23H33N3O. The van der Waals surface area contributed by atoms with Crippen LogP contribution in [0.1, 0.15) is 37.8 Å². The Bertz CT molecular complexity index is 672. The third kappa shape index (κ3) is 8.27. The summed E-state index contributed by atoms with van der Waals surface area (Å²) < 4.78 is 0. The normalized spacial score (nSPS) is 10.8. The molecule has 2 aromatic rings. The van der Waals surface area contributed by atoms with Gasteiger partial charge in [-0.05, 0) is 55.5 Å². The summed E-state index contributed by atoms with van der Waals surface area (Å²) >= 11 is 0. The Labute approximate surface area is 164 Å². The van der Waals surface area contributed by atoms with Gasteiger partial charge in [-0.1, -0.05) is 56.3 Å². The lowest BCUT2D eigenvalue weighted by atomic mass is 10.1. The monoisotopic (exact) mass is 367 g/mol. The third-order valence-corrected chi connectivity index (χ3v) is 4.54. The summed E-state index contributed by atoms with van der Waals surface area (Å²) in [6, 6.07) is 18.7. The Kier molecular flexibility index (Phi) is 9.42. The van der Waals surface area contributed by atoms with E-state index in [2.05, 4.69) is 64.9 Å². The van der Waals surface area contributed by atoms with Crippen LogP contribution in [0.5, 0.6) is 0 Å². The number of hydrogen-bond acceptors (Lipinski definition) is 2. The maximum absolute atomic E-state index is 11.8. The van der Waals surface area contributed by atoms with Crippen molar-refractivity contribution in [2.75, 3.05) is 31.5 Å². The highest BCUT2D eigenvalue weighted by Gasteiger charge is 2.06. The fraction of sp³-hybridized carbons (Fsp3) is 0.435. The minimum absolute atomic E-state index is 0.135. The van der Waals surface area contributed by atoms with Gasteiger partial charge < -0.3 is 15.5 Å². The van der Waals surface area contributed by atoms with Gasteiger partial charge in [0, 0.05) is 25.3 Å². The van der Waals surface area contributed by atoms with Gasteiger partial charge in [-0.25, -0.2) is 4.79 Å². The van der Waals surface area contributed by atoms with Crippen molar-refractivity contribution in [2.45, 2.75) is 39.5 Å². The Balaban J connectivity index is 1.84. The number of nitrogens with zero attached hydrogens (tertiary/aromatic N) is 1. The number of benzene rings is 2. The Morgan fingerprint density at radius 2 is 1.56 bits per heavy atom. The zero-order valence-corrected chi connectivity index (χ0v) is 16.7. The summed E-state index contributed by atoms with van der Waals surface area (Å²) in [7, 11) is 0. The van der Waals surface area contributed by atoms with Crippen LogP contribution in [-0.2, 0) is 12.8 Å². The van der Waals surface area contributed by atoms with Crippen LogP contribution in [0.4, 0.5) is 10.5 Å². The number of carbonyl (C=O) groups excluding carboxylic acids is 1. The van der Waals surface area contributed by atoms with E-state index in [4.69, 9.17) is 0 Å². The lowest BCUT2D eigenvalue weighted by Gasteiger charge is -2.22. The van der Waals surface area contributed by atoms with Gasteiger partial charge in [0.15, 0.2) is 0 Å². The van der Waals surface area contributed by atoms with Crippen molar-refractivity contribution in [3.8, 4) is 0 Å². The van der Waals surface area contributed by atoms with Crippen molar-refractivity contribution in [2.24, 2.45) is 0 Å². The molecule has 27 heavy (non-hydrogen) atoms. The Morgan fingerprint density at radius 3 is 2.26 bits per heavy atom. The second-order valence-electron chi connectivity index (χ2n) is 6.91. The van der Waals surface area contributed by atoms with Gasteiger partial charge in [0.1, 0.15) is 0 Å². The van der Waals surface area contributed by atoms with Crippen LogP contribution in [0.2, 0.25) is 0 Å². The van der Waals surface area contributed by atoms with Crippen molar-refractivity contribution in [1.29, 1.82) is 0 Å². The fourth-order valence-corrected chi connectivity index (χ4v) is 3.09.